The van der Waals surface area contributed by atoms with Gasteiger partial charge in [0.2, 0.25) is 0 Å². The minimum Gasteiger partial charge on any atom is -0.375 e. The molecule has 0 aromatic heterocycles. The summed E-state index contributed by atoms with van der Waals surface area (Å²) in [5.74, 6) is 0.295. The predicted molar refractivity (Wildman–Crippen MR) is 160 cm³/mol. The number of likely N-dealkylation sites (N-methyl/N-ethyl adjacent to an activating group) is 1. The molecular formula is C33H42FNS. The fraction of sp³-hybridized carbons (Fsp3) is 0.333. The van der Waals surface area contributed by atoms with E-state index < -0.39 is 0 Å². The SMILES string of the molecule is C=C(/C=C\C(C)=C/C)S/C(CC(=C)c1ccc(F)cc1)=C(/C)CCC1C=CC(C(=C)N(C)CC)=CC1. The second kappa shape index (κ2) is 14.7. The smallest absolute Gasteiger partial charge is 0.123 e. The highest BCUT2D eigenvalue weighted by Crippen LogP contribution is 2.37. The molecule has 1 unspecified atom stereocenters. The molecule has 36 heavy (non-hydrogen) atoms. The standard InChI is InChI=1S/C33H42FNS/c1-9-24(3)11-13-27(6)36-33(23-26(5)30-19-21-32(34)22-20-30)25(4)12-14-29-15-17-31(18-16-29)28(7)35(8)10-2/h9,11,13,15,17-22,29H,5-7,10,12,14,16,23H2,1-4,8H3/b13-11-,24-9-,33-25-. The van der Waals surface area contributed by atoms with Crippen molar-refractivity contribution in [1.29, 1.82) is 0 Å². The number of thioether (sulfide) groups is 1. The highest BCUT2D eigenvalue weighted by Gasteiger charge is 2.14. The first-order valence-electron chi connectivity index (χ1n) is 12.7. The Labute approximate surface area is 223 Å². The maximum atomic E-state index is 13.4. The molecule has 0 N–H and O–H groups in total. The lowest BCUT2D eigenvalue weighted by atomic mass is 9.90. The zero-order chi connectivity index (χ0) is 26.7. The predicted octanol–water partition coefficient (Wildman–Crippen LogP) is 10.0. The average Bonchev–Trinajstić information content (AvgIpc) is 2.89. The van der Waals surface area contributed by atoms with Crippen LogP contribution in [0.15, 0.2) is 113 Å². The van der Waals surface area contributed by atoms with Crippen molar-refractivity contribution in [2.75, 3.05) is 13.6 Å². The lowest BCUT2D eigenvalue weighted by Gasteiger charge is -2.24. The number of halogens is 1. The number of hydrogen-bond acceptors (Lipinski definition) is 2. The van der Waals surface area contributed by atoms with Gasteiger partial charge in [0.1, 0.15) is 5.82 Å². The Balaban J connectivity index is 2.12. The van der Waals surface area contributed by atoms with Gasteiger partial charge in [-0.2, -0.15) is 0 Å². The maximum Gasteiger partial charge on any atom is 0.123 e. The maximum absolute atomic E-state index is 13.4. The molecule has 1 aromatic carbocycles. The molecule has 1 aromatic rings. The van der Waals surface area contributed by atoms with Gasteiger partial charge in [-0.15, -0.1) is 0 Å². The van der Waals surface area contributed by atoms with Crippen molar-refractivity contribution >= 4 is 17.3 Å². The van der Waals surface area contributed by atoms with Gasteiger partial charge in [0.15, 0.2) is 0 Å². The van der Waals surface area contributed by atoms with Gasteiger partial charge >= 0.3 is 0 Å². The first-order valence-corrected chi connectivity index (χ1v) is 13.5. The van der Waals surface area contributed by atoms with Gasteiger partial charge in [-0.05, 0) is 92.7 Å². The molecule has 3 heteroatoms. The van der Waals surface area contributed by atoms with Crippen molar-refractivity contribution < 1.29 is 4.39 Å². The van der Waals surface area contributed by atoms with Gasteiger partial charge in [-0.25, -0.2) is 4.39 Å². The summed E-state index contributed by atoms with van der Waals surface area (Å²) >= 11 is 1.72. The third kappa shape index (κ3) is 9.35. The van der Waals surface area contributed by atoms with E-state index in [0.29, 0.717) is 5.92 Å². The van der Waals surface area contributed by atoms with Gasteiger partial charge in [0, 0.05) is 30.6 Å². The highest BCUT2D eigenvalue weighted by molar-refractivity contribution is 8.06. The van der Waals surface area contributed by atoms with E-state index in [1.165, 1.54) is 33.8 Å². The van der Waals surface area contributed by atoms with Crippen LogP contribution >= 0.6 is 11.8 Å². The summed E-state index contributed by atoms with van der Waals surface area (Å²) in [5.41, 5.74) is 6.84. The molecule has 0 amide bonds. The summed E-state index contributed by atoms with van der Waals surface area (Å²) < 4.78 is 13.4. The molecule has 1 aliphatic carbocycles. The van der Waals surface area contributed by atoms with Crippen molar-refractivity contribution in [3.8, 4) is 0 Å². The quantitative estimate of drug-likeness (QED) is 0.246. The molecule has 0 saturated carbocycles. The lowest BCUT2D eigenvalue weighted by Crippen LogP contribution is -2.18. The molecule has 1 atom stereocenters. The van der Waals surface area contributed by atoms with Crippen molar-refractivity contribution in [2.24, 2.45) is 5.92 Å². The Morgan fingerprint density at radius 1 is 1.14 bits per heavy atom. The number of nitrogens with zero attached hydrogens (tertiary/aromatic N) is 1. The van der Waals surface area contributed by atoms with Crippen molar-refractivity contribution in [1.82, 2.24) is 4.90 Å². The molecule has 1 nitrogen and oxygen atoms in total. The van der Waals surface area contributed by atoms with Crippen LogP contribution in [0.5, 0.6) is 0 Å². The Hall–Kier alpha value is -2.78. The second-order valence-electron chi connectivity index (χ2n) is 9.44. The highest BCUT2D eigenvalue weighted by atomic mass is 32.2. The number of hydrogen-bond donors (Lipinski definition) is 0. The van der Waals surface area contributed by atoms with Crippen LogP contribution in [0.25, 0.3) is 5.57 Å². The van der Waals surface area contributed by atoms with Gasteiger partial charge in [-0.1, -0.05) is 85.2 Å². The topological polar surface area (TPSA) is 3.24 Å². The lowest BCUT2D eigenvalue weighted by molar-refractivity contribution is 0.452. The van der Waals surface area contributed by atoms with Crippen molar-refractivity contribution in [2.45, 2.75) is 53.4 Å². The van der Waals surface area contributed by atoms with Crippen LogP contribution in [0.3, 0.4) is 0 Å². The van der Waals surface area contributed by atoms with E-state index in [1.807, 2.05) is 6.92 Å². The molecule has 1 aliphatic rings. The van der Waals surface area contributed by atoms with Gasteiger partial charge < -0.3 is 4.90 Å². The molecule has 0 aliphatic heterocycles. The minimum atomic E-state index is -0.228. The zero-order valence-electron chi connectivity index (χ0n) is 22.7. The average molecular weight is 504 g/mol. The Morgan fingerprint density at radius 2 is 1.83 bits per heavy atom. The molecule has 0 spiro atoms. The van der Waals surface area contributed by atoms with Gasteiger partial charge in [-0.3, -0.25) is 0 Å². The minimum absolute atomic E-state index is 0.228. The number of rotatable bonds is 13. The van der Waals surface area contributed by atoms with E-state index in [9.17, 15) is 4.39 Å². The third-order valence-corrected chi connectivity index (χ3v) is 7.83. The summed E-state index contributed by atoms with van der Waals surface area (Å²) in [5, 5.41) is 0. The van der Waals surface area contributed by atoms with Gasteiger partial charge in [0.25, 0.3) is 0 Å². The molecule has 0 saturated heterocycles. The molecule has 192 valence electrons. The number of allylic oxidation sites excluding steroid dienone is 10. The van der Waals surface area contributed by atoms with Crippen LogP contribution in [-0.2, 0) is 0 Å². The number of benzene rings is 1. The Kier molecular flexibility index (Phi) is 12.0. The van der Waals surface area contributed by atoms with Crippen LogP contribution in [0.4, 0.5) is 4.39 Å². The largest absolute Gasteiger partial charge is 0.375 e. The summed E-state index contributed by atoms with van der Waals surface area (Å²) in [4.78, 5) is 4.45. The normalized spacial score (nSPS) is 16.6. The molecule has 0 radical (unpaired) electrons. The Bertz CT molecular complexity index is 1100. The molecule has 0 fully saturated rings. The van der Waals surface area contributed by atoms with Gasteiger partial charge in [0.05, 0.1) is 0 Å². The van der Waals surface area contributed by atoms with E-state index in [4.69, 9.17) is 0 Å². The van der Waals surface area contributed by atoms with Crippen molar-refractivity contribution in [3.63, 3.8) is 0 Å². The summed E-state index contributed by atoms with van der Waals surface area (Å²) in [6, 6.07) is 6.60. The fourth-order valence-electron chi connectivity index (χ4n) is 3.81. The molecular weight excluding hydrogens is 461 g/mol. The van der Waals surface area contributed by atoms with E-state index in [2.05, 4.69) is 88.9 Å². The van der Waals surface area contributed by atoms with Crippen LogP contribution in [0, 0.1) is 11.7 Å². The van der Waals surface area contributed by atoms with E-state index in [0.717, 1.165) is 54.0 Å². The third-order valence-electron chi connectivity index (χ3n) is 6.69. The Morgan fingerprint density at radius 3 is 2.42 bits per heavy atom. The summed E-state index contributed by atoms with van der Waals surface area (Å²) in [6.07, 6.45) is 17.0. The monoisotopic (exact) mass is 503 g/mol. The first-order chi connectivity index (χ1) is 17.1. The summed E-state index contributed by atoms with van der Waals surface area (Å²) in [6.45, 7) is 22.3. The van der Waals surface area contributed by atoms with Crippen molar-refractivity contribution in [3.05, 3.63) is 124 Å². The molecule has 0 heterocycles. The molecule has 0 bridgehead atoms. The second-order valence-corrected chi connectivity index (χ2v) is 10.7. The zero-order valence-corrected chi connectivity index (χ0v) is 23.6. The van der Waals surface area contributed by atoms with Crippen LogP contribution in [0.1, 0.15) is 58.9 Å². The van der Waals surface area contributed by atoms with Crippen LogP contribution in [-0.4, -0.2) is 18.5 Å². The van der Waals surface area contributed by atoms with Crippen LogP contribution in [0.2, 0.25) is 0 Å². The summed E-state index contributed by atoms with van der Waals surface area (Å²) in [7, 11) is 2.08. The fourth-order valence-corrected chi connectivity index (χ4v) is 4.79. The van der Waals surface area contributed by atoms with E-state index in [1.54, 1.807) is 23.9 Å². The van der Waals surface area contributed by atoms with Crippen LogP contribution < -0.4 is 0 Å². The van der Waals surface area contributed by atoms with E-state index in [-0.39, 0.29) is 5.82 Å². The molecule has 2 rings (SSSR count). The first kappa shape index (κ1) is 29.5. The van der Waals surface area contributed by atoms with E-state index >= 15 is 0 Å².